The average Bonchev–Trinajstić information content (AvgIpc) is 2.42. The number of halogens is 3. The van der Waals surface area contributed by atoms with E-state index >= 15 is 0 Å². The van der Waals surface area contributed by atoms with E-state index in [0.717, 1.165) is 0 Å². The summed E-state index contributed by atoms with van der Waals surface area (Å²) >= 11 is 0. The summed E-state index contributed by atoms with van der Waals surface area (Å²) in [4.78, 5) is 12.1. The van der Waals surface area contributed by atoms with Gasteiger partial charge in [-0.2, -0.15) is 0 Å². The predicted molar refractivity (Wildman–Crippen MR) is 65.5 cm³/mol. The highest BCUT2D eigenvalue weighted by atomic mass is 19.2. The van der Waals surface area contributed by atoms with Crippen LogP contribution in [0.15, 0.2) is 42.5 Å². The second-order valence-electron chi connectivity index (χ2n) is 4.24. The van der Waals surface area contributed by atoms with Crippen molar-refractivity contribution < 1.29 is 18.0 Å². The quantitative estimate of drug-likeness (QED) is 0.602. The van der Waals surface area contributed by atoms with E-state index in [4.69, 9.17) is 0 Å². The third-order valence-corrected chi connectivity index (χ3v) is 2.97. The fourth-order valence-electron chi connectivity index (χ4n) is 1.84. The molecule has 0 saturated heterocycles. The molecule has 0 aromatic heterocycles. The minimum Gasteiger partial charge on any atom is -0.293 e. The first-order valence-electron chi connectivity index (χ1n) is 5.74. The Kier molecular flexibility index (Phi) is 3.69. The molecule has 0 saturated carbocycles. The minimum atomic E-state index is -1.30. The Morgan fingerprint density at radius 2 is 1.53 bits per heavy atom. The molecular formula is C15H11F3O. The maximum atomic E-state index is 13.5. The molecule has 0 heterocycles. The van der Waals surface area contributed by atoms with Gasteiger partial charge in [-0.1, -0.05) is 37.3 Å². The summed E-state index contributed by atoms with van der Waals surface area (Å²) in [7, 11) is 0. The van der Waals surface area contributed by atoms with E-state index in [2.05, 4.69) is 0 Å². The summed E-state index contributed by atoms with van der Waals surface area (Å²) in [5, 5.41) is 0. The van der Waals surface area contributed by atoms with Crippen LogP contribution in [0.1, 0.15) is 28.8 Å². The molecule has 1 unspecified atom stereocenters. The van der Waals surface area contributed by atoms with Crippen molar-refractivity contribution in [1.29, 1.82) is 0 Å². The van der Waals surface area contributed by atoms with Crippen LogP contribution in [0.3, 0.4) is 0 Å². The first-order chi connectivity index (χ1) is 9.00. The average molecular weight is 264 g/mol. The van der Waals surface area contributed by atoms with Gasteiger partial charge in [0.1, 0.15) is 5.82 Å². The normalized spacial score (nSPS) is 12.2. The molecule has 2 aromatic rings. The lowest BCUT2D eigenvalue weighted by Gasteiger charge is -2.11. The molecule has 2 aromatic carbocycles. The third kappa shape index (κ3) is 2.67. The van der Waals surface area contributed by atoms with E-state index < -0.39 is 34.7 Å². The Labute approximate surface area is 108 Å². The van der Waals surface area contributed by atoms with Crippen molar-refractivity contribution in [3.63, 3.8) is 0 Å². The molecule has 0 fully saturated rings. The Bertz CT molecular complexity index is 608. The number of Topliss-reactive ketones (excluding diaryl/α,β-unsaturated/α-hetero) is 1. The Hall–Kier alpha value is -2.10. The zero-order chi connectivity index (χ0) is 14.0. The van der Waals surface area contributed by atoms with E-state index in [9.17, 15) is 18.0 Å². The van der Waals surface area contributed by atoms with Gasteiger partial charge >= 0.3 is 0 Å². The number of hydrogen-bond donors (Lipinski definition) is 0. The molecule has 19 heavy (non-hydrogen) atoms. The lowest BCUT2D eigenvalue weighted by Crippen LogP contribution is -2.12. The first kappa shape index (κ1) is 13.3. The Balaban J connectivity index is 2.37. The number of hydrogen-bond acceptors (Lipinski definition) is 1. The molecule has 0 radical (unpaired) electrons. The molecule has 0 aliphatic carbocycles. The van der Waals surface area contributed by atoms with Crippen LogP contribution in [-0.2, 0) is 0 Å². The van der Waals surface area contributed by atoms with E-state index in [1.165, 1.54) is 0 Å². The second-order valence-corrected chi connectivity index (χ2v) is 4.24. The maximum Gasteiger partial charge on any atom is 0.173 e. The van der Waals surface area contributed by atoms with Gasteiger partial charge < -0.3 is 0 Å². The summed E-state index contributed by atoms with van der Waals surface area (Å²) in [5.74, 6) is -4.79. The number of ketones is 1. The highest BCUT2D eigenvalue weighted by molar-refractivity contribution is 6.00. The number of carbonyl (C=O) groups is 1. The topological polar surface area (TPSA) is 17.1 Å². The largest absolute Gasteiger partial charge is 0.293 e. The predicted octanol–water partition coefficient (Wildman–Crippen LogP) is 4.09. The summed E-state index contributed by atoms with van der Waals surface area (Å²) in [6.45, 7) is 1.60. The molecule has 1 nitrogen and oxygen atoms in total. The van der Waals surface area contributed by atoms with Crippen molar-refractivity contribution in [2.24, 2.45) is 0 Å². The lowest BCUT2D eigenvalue weighted by atomic mass is 9.92. The van der Waals surface area contributed by atoms with Gasteiger partial charge in [-0.25, -0.2) is 13.2 Å². The summed E-state index contributed by atoms with van der Waals surface area (Å²) < 4.78 is 39.4. The van der Waals surface area contributed by atoms with Crippen molar-refractivity contribution >= 4 is 5.78 Å². The molecule has 0 bridgehead atoms. The van der Waals surface area contributed by atoms with Crippen molar-refractivity contribution in [2.75, 3.05) is 0 Å². The fraction of sp³-hybridized carbons (Fsp3) is 0.133. The number of rotatable bonds is 3. The van der Waals surface area contributed by atoms with E-state index in [1.807, 2.05) is 0 Å². The Morgan fingerprint density at radius 3 is 2.16 bits per heavy atom. The number of carbonyl (C=O) groups excluding carboxylic acids is 1. The van der Waals surface area contributed by atoms with Gasteiger partial charge in [0.2, 0.25) is 0 Å². The zero-order valence-electron chi connectivity index (χ0n) is 10.2. The van der Waals surface area contributed by atoms with Crippen LogP contribution in [0.4, 0.5) is 13.2 Å². The van der Waals surface area contributed by atoms with Crippen LogP contribution >= 0.6 is 0 Å². The van der Waals surface area contributed by atoms with Gasteiger partial charge in [-0.15, -0.1) is 0 Å². The van der Waals surface area contributed by atoms with Crippen LogP contribution in [0.25, 0.3) is 0 Å². The summed E-state index contributed by atoms with van der Waals surface area (Å²) in [6.07, 6.45) is 0. The lowest BCUT2D eigenvalue weighted by molar-refractivity contribution is 0.0961. The van der Waals surface area contributed by atoms with Crippen LogP contribution in [0, 0.1) is 17.5 Å². The van der Waals surface area contributed by atoms with Crippen molar-refractivity contribution in [3.05, 3.63) is 71.0 Å². The highest BCUT2D eigenvalue weighted by Gasteiger charge is 2.22. The molecule has 0 N–H and O–H groups in total. The standard InChI is InChI=1S/C15H11F3O/c1-9(10-5-3-2-4-6-10)15(19)11-7-13(17)14(18)8-12(11)16/h2-9H,1H3. The van der Waals surface area contributed by atoms with Crippen LogP contribution in [0.2, 0.25) is 0 Å². The van der Waals surface area contributed by atoms with Gasteiger partial charge in [-0.05, 0) is 11.6 Å². The number of benzene rings is 2. The van der Waals surface area contributed by atoms with Crippen LogP contribution < -0.4 is 0 Å². The zero-order valence-corrected chi connectivity index (χ0v) is 10.2. The molecule has 0 amide bonds. The second kappa shape index (κ2) is 5.26. The van der Waals surface area contributed by atoms with Gasteiger partial charge in [0.15, 0.2) is 17.4 Å². The third-order valence-electron chi connectivity index (χ3n) is 2.97. The fourth-order valence-corrected chi connectivity index (χ4v) is 1.84. The molecule has 98 valence electrons. The van der Waals surface area contributed by atoms with Crippen molar-refractivity contribution in [3.8, 4) is 0 Å². The van der Waals surface area contributed by atoms with Gasteiger partial charge in [0, 0.05) is 12.0 Å². The van der Waals surface area contributed by atoms with E-state index in [-0.39, 0.29) is 0 Å². The Morgan fingerprint density at radius 1 is 0.947 bits per heavy atom. The van der Waals surface area contributed by atoms with Gasteiger partial charge in [0.25, 0.3) is 0 Å². The molecule has 0 aliphatic rings. The summed E-state index contributed by atoms with van der Waals surface area (Å²) in [5.41, 5.74) is 0.256. The SMILES string of the molecule is CC(C(=O)c1cc(F)c(F)cc1F)c1ccccc1. The van der Waals surface area contributed by atoms with E-state index in [1.54, 1.807) is 37.3 Å². The first-order valence-corrected chi connectivity index (χ1v) is 5.74. The smallest absolute Gasteiger partial charge is 0.173 e. The molecular weight excluding hydrogens is 253 g/mol. The van der Waals surface area contributed by atoms with Crippen LogP contribution in [0.5, 0.6) is 0 Å². The minimum absolute atomic E-state index is 0.389. The highest BCUT2D eigenvalue weighted by Crippen LogP contribution is 2.23. The summed E-state index contributed by atoms with van der Waals surface area (Å²) in [6, 6.07) is 9.73. The molecule has 2 rings (SSSR count). The van der Waals surface area contributed by atoms with Crippen LogP contribution in [-0.4, -0.2) is 5.78 Å². The molecule has 4 heteroatoms. The molecule has 0 spiro atoms. The van der Waals surface area contributed by atoms with Crippen molar-refractivity contribution in [2.45, 2.75) is 12.8 Å². The van der Waals surface area contributed by atoms with E-state index in [0.29, 0.717) is 17.7 Å². The monoisotopic (exact) mass is 264 g/mol. The van der Waals surface area contributed by atoms with Gasteiger partial charge in [-0.3, -0.25) is 4.79 Å². The maximum absolute atomic E-state index is 13.5. The van der Waals surface area contributed by atoms with Crippen molar-refractivity contribution in [1.82, 2.24) is 0 Å². The molecule has 1 atom stereocenters. The molecule has 0 aliphatic heterocycles. The van der Waals surface area contributed by atoms with Gasteiger partial charge in [0.05, 0.1) is 5.56 Å².